The van der Waals surface area contributed by atoms with Crippen LogP contribution in [-0.2, 0) is 18.3 Å². The van der Waals surface area contributed by atoms with Crippen LogP contribution in [0, 0.1) is 0 Å². The van der Waals surface area contributed by atoms with Gasteiger partial charge in [-0.05, 0) is 37.3 Å². The summed E-state index contributed by atoms with van der Waals surface area (Å²) in [5.74, 6) is 0.294. The van der Waals surface area contributed by atoms with Crippen LogP contribution in [0.4, 0.5) is 0 Å². The third kappa shape index (κ3) is 2.78. The number of aromatic nitrogens is 2. The summed E-state index contributed by atoms with van der Waals surface area (Å²) in [5, 5.41) is 4.13. The quantitative estimate of drug-likeness (QED) is 0.755. The van der Waals surface area contributed by atoms with Gasteiger partial charge in [-0.25, -0.2) is 0 Å². The Morgan fingerprint density at radius 2 is 2.27 bits per heavy atom. The van der Waals surface area contributed by atoms with E-state index in [1.54, 1.807) is 0 Å². The molecule has 0 aliphatic heterocycles. The van der Waals surface area contributed by atoms with Crippen molar-refractivity contribution in [1.82, 2.24) is 9.78 Å². The number of ketones is 1. The van der Waals surface area contributed by atoms with Crippen molar-refractivity contribution in [2.45, 2.75) is 32.1 Å². The van der Waals surface area contributed by atoms with Gasteiger partial charge in [0.15, 0.2) is 5.78 Å². The molecule has 1 aliphatic rings. The van der Waals surface area contributed by atoms with Crippen molar-refractivity contribution in [3.8, 4) is 0 Å². The van der Waals surface area contributed by atoms with E-state index in [1.807, 2.05) is 30.2 Å². The number of rotatable bonds is 3. The molecule has 0 saturated heterocycles. The molecule has 0 amide bonds. The Bertz CT molecular complexity index is 390. The number of hydrogen-bond acceptors (Lipinski definition) is 2. The van der Waals surface area contributed by atoms with Crippen molar-refractivity contribution in [1.29, 1.82) is 0 Å². The average Bonchev–Trinajstić information content (AvgIpc) is 2.62. The van der Waals surface area contributed by atoms with E-state index in [1.165, 1.54) is 11.1 Å². The third-order valence-corrected chi connectivity index (χ3v) is 2.78. The second kappa shape index (κ2) is 4.43. The van der Waals surface area contributed by atoms with E-state index >= 15 is 0 Å². The van der Waals surface area contributed by atoms with Gasteiger partial charge in [-0.1, -0.05) is 5.57 Å². The topological polar surface area (TPSA) is 34.9 Å². The van der Waals surface area contributed by atoms with Gasteiger partial charge < -0.3 is 0 Å². The molecule has 1 heterocycles. The molecule has 80 valence electrons. The van der Waals surface area contributed by atoms with Crippen molar-refractivity contribution in [2.24, 2.45) is 7.05 Å². The van der Waals surface area contributed by atoms with E-state index in [4.69, 9.17) is 0 Å². The minimum Gasteiger partial charge on any atom is -0.295 e. The first-order chi connectivity index (χ1) is 7.24. The summed E-state index contributed by atoms with van der Waals surface area (Å²) < 4.78 is 1.82. The smallest absolute Gasteiger partial charge is 0.155 e. The zero-order valence-electron chi connectivity index (χ0n) is 9.07. The number of carbonyl (C=O) groups excluding carboxylic acids is 1. The van der Waals surface area contributed by atoms with Crippen molar-refractivity contribution < 1.29 is 4.79 Å². The molecule has 0 fully saturated rings. The lowest BCUT2D eigenvalue weighted by atomic mass is 9.94. The van der Waals surface area contributed by atoms with Crippen LogP contribution < -0.4 is 0 Å². The molecule has 1 aromatic rings. The number of allylic oxidation sites excluding steroid dienone is 2. The molecule has 1 aliphatic carbocycles. The Kier molecular flexibility index (Phi) is 2.99. The summed E-state index contributed by atoms with van der Waals surface area (Å²) in [4.78, 5) is 11.2. The number of nitrogens with zero attached hydrogens (tertiary/aromatic N) is 2. The Morgan fingerprint density at radius 1 is 1.40 bits per heavy atom. The highest BCUT2D eigenvalue weighted by Crippen LogP contribution is 2.19. The molecule has 0 atom stereocenters. The molecule has 3 nitrogen and oxygen atoms in total. The van der Waals surface area contributed by atoms with E-state index in [0.717, 1.165) is 32.1 Å². The molecule has 0 N–H and O–H groups in total. The monoisotopic (exact) mass is 204 g/mol. The maximum atomic E-state index is 11.2. The van der Waals surface area contributed by atoms with Crippen LogP contribution >= 0.6 is 0 Å². The molecule has 0 bridgehead atoms. The molecule has 3 heteroatoms. The van der Waals surface area contributed by atoms with Gasteiger partial charge in [-0.3, -0.25) is 9.48 Å². The zero-order chi connectivity index (χ0) is 10.7. The van der Waals surface area contributed by atoms with Crippen molar-refractivity contribution in [2.75, 3.05) is 0 Å². The highest BCUT2D eigenvalue weighted by molar-refractivity contribution is 5.91. The van der Waals surface area contributed by atoms with Crippen LogP contribution in [0.3, 0.4) is 0 Å². The third-order valence-electron chi connectivity index (χ3n) is 2.78. The number of hydrogen-bond donors (Lipinski definition) is 0. The molecular formula is C12H16N2O. The summed E-state index contributed by atoms with van der Waals surface area (Å²) in [6.45, 7) is 0. The van der Waals surface area contributed by atoms with E-state index in [-0.39, 0.29) is 0 Å². The molecule has 0 saturated carbocycles. The molecule has 2 rings (SSSR count). The summed E-state index contributed by atoms with van der Waals surface area (Å²) >= 11 is 0. The van der Waals surface area contributed by atoms with Gasteiger partial charge in [0.2, 0.25) is 0 Å². The molecule has 1 aromatic heterocycles. The molecule has 0 aromatic carbocycles. The van der Waals surface area contributed by atoms with E-state index in [0.29, 0.717) is 5.78 Å². The molecule has 0 spiro atoms. The summed E-state index contributed by atoms with van der Waals surface area (Å²) in [5.41, 5.74) is 2.55. The summed E-state index contributed by atoms with van der Waals surface area (Å²) in [7, 11) is 1.92. The number of aryl methyl sites for hydroxylation is 2. The predicted octanol–water partition coefficient (Wildman–Crippen LogP) is 2.03. The van der Waals surface area contributed by atoms with Crippen molar-refractivity contribution in [3.63, 3.8) is 0 Å². The van der Waals surface area contributed by atoms with Crippen LogP contribution in [0.15, 0.2) is 24.0 Å². The van der Waals surface area contributed by atoms with Gasteiger partial charge in [0, 0.05) is 19.7 Å². The fourth-order valence-electron chi connectivity index (χ4n) is 1.96. The largest absolute Gasteiger partial charge is 0.295 e. The highest BCUT2D eigenvalue weighted by Gasteiger charge is 2.09. The number of carbonyl (C=O) groups is 1. The van der Waals surface area contributed by atoms with Gasteiger partial charge in [-0.2, -0.15) is 5.10 Å². The maximum absolute atomic E-state index is 11.2. The first kappa shape index (κ1) is 10.1. The Labute approximate surface area is 89.8 Å². The van der Waals surface area contributed by atoms with Crippen LogP contribution in [0.2, 0.25) is 0 Å². The highest BCUT2D eigenvalue weighted by atomic mass is 16.1. The van der Waals surface area contributed by atoms with Gasteiger partial charge >= 0.3 is 0 Å². The minimum absolute atomic E-state index is 0.294. The van der Waals surface area contributed by atoms with E-state index < -0.39 is 0 Å². The standard InChI is InChI=1S/C12H16N2O/c1-14-9-11(8-13-14)6-5-10-3-2-4-12(15)7-10/h7-9H,2-6H2,1H3. The van der Waals surface area contributed by atoms with Gasteiger partial charge in [-0.15, -0.1) is 0 Å². The molecule has 0 unspecified atom stereocenters. The minimum atomic E-state index is 0.294. The first-order valence-corrected chi connectivity index (χ1v) is 5.44. The van der Waals surface area contributed by atoms with Crippen LogP contribution in [-0.4, -0.2) is 15.6 Å². The second-order valence-electron chi connectivity index (χ2n) is 4.14. The molecule has 0 radical (unpaired) electrons. The first-order valence-electron chi connectivity index (χ1n) is 5.44. The SMILES string of the molecule is Cn1cc(CCC2=CC(=O)CCC2)cn1. The van der Waals surface area contributed by atoms with Crippen LogP contribution in [0.25, 0.3) is 0 Å². The Balaban J connectivity index is 1.90. The molecular weight excluding hydrogens is 188 g/mol. The lowest BCUT2D eigenvalue weighted by molar-refractivity contribution is -0.115. The van der Waals surface area contributed by atoms with Gasteiger partial charge in [0.1, 0.15) is 0 Å². The summed E-state index contributed by atoms with van der Waals surface area (Å²) in [6.07, 6.45) is 10.6. The summed E-state index contributed by atoms with van der Waals surface area (Å²) in [6, 6.07) is 0. The maximum Gasteiger partial charge on any atom is 0.155 e. The lowest BCUT2D eigenvalue weighted by Gasteiger charge is -2.10. The lowest BCUT2D eigenvalue weighted by Crippen LogP contribution is -2.03. The van der Waals surface area contributed by atoms with Crippen LogP contribution in [0.5, 0.6) is 0 Å². The normalized spacial score (nSPS) is 16.6. The van der Waals surface area contributed by atoms with Crippen molar-refractivity contribution in [3.05, 3.63) is 29.6 Å². The second-order valence-corrected chi connectivity index (χ2v) is 4.14. The fourth-order valence-corrected chi connectivity index (χ4v) is 1.96. The van der Waals surface area contributed by atoms with Crippen molar-refractivity contribution >= 4 is 5.78 Å². The Morgan fingerprint density at radius 3 is 2.93 bits per heavy atom. The Hall–Kier alpha value is -1.38. The van der Waals surface area contributed by atoms with Gasteiger partial charge in [0.25, 0.3) is 0 Å². The average molecular weight is 204 g/mol. The predicted molar refractivity (Wildman–Crippen MR) is 58.5 cm³/mol. The zero-order valence-corrected chi connectivity index (χ0v) is 9.07. The van der Waals surface area contributed by atoms with E-state index in [9.17, 15) is 4.79 Å². The van der Waals surface area contributed by atoms with Crippen LogP contribution in [0.1, 0.15) is 31.2 Å². The fraction of sp³-hybridized carbons (Fsp3) is 0.500. The van der Waals surface area contributed by atoms with E-state index in [2.05, 4.69) is 5.10 Å². The van der Waals surface area contributed by atoms with Gasteiger partial charge in [0.05, 0.1) is 6.20 Å². The molecule has 15 heavy (non-hydrogen) atoms.